The molecule has 0 spiro atoms. The Morgan fingerprint density at radius 3 is 2.85 bits per heavy atom. The molecule has 1 rings (SSSR count). The summed E-state index contributed by atoms with van der Waals surface area (Å²) in [6.45, 7) is 1.56. The van der Waals surface area contributed by atoms with Crippen LogP contribution >= 0.6 is 0 Å². The zero-order valence-corrected chi connectivity index (χ0v) is 12.1. The average Bonchev–Trinajstić information content (AvgIpc) is 2.72. The summed E-state index contributed by atoms with van der Waals surface area (Å²) >= 11 is 0. The highest BCUT2D eigenvalue weighted by Gasteiger charge is 2.09. The molecule has 1 heterocycles. The Bertz CT molecular complexity index is 502. The maximum atomic E-state index is 11.6. The van der Waals surface area contributed by atoms with Gasteiger partial charge in [-0.3, -0.25) is 13.7 Å². The number of urea groups is 1. The van der Waals surface area contributed by atoms with E-state index in [1.54, 1.807) is 6.26 Å². The molecule has 0 aromatic carbocycles. The molecule has 2 unspecified atom stereocenters. The lowest BCUT2D eigenvalue weighted by atomic mass is 10.3. The first-order valence-corrected chi connectivity index (χ1v) is 7.71. The Hall–Kier alpha value is -1.90. The van der Waals surface area contributed by atoms with E-state index in [1.165, 1.54) is 17.1 Å². The van der Waals surface area contributed by atoms with Gasteiger partial charge in [0.25, 0.3) is 0 Å². The number of carboxylic acid groups (broad SMARTS) is 1. The molecule has 8 nitrogen and oxygen atoms in total. The lowest BCUT2D eigenvalue weighted by Gasteiger charge is -2.13. The van der Waals surface area contributed by atoms with E-state index in [2.05, 4.69) is 15.7 Å². The van der Waals surface area contributed by atoms with E-state index in [1.807, 2.05) is 6.92 Å². The number of carboxylic acids is 1. The van der Waals surface area contributed by atoms with Gasteiger partial charge in [0.15, 0.2) is 0 Å². The minimum atomic E-state index is -1.01. The van der Waals surface area contributed by atoms with Gasteiger partial charge in [-0.25, -0.2) is 4.79 Å². The molecule has 0 aliphatic heterocycles. The molecule has 0 aliphatic rings. The van der Waals surface area contributed by atoms with Crippen molar-refractivity contribution in [2.45, 2.75) is 25.9 Å². The maximum Gasteiger partial charge on any atom is 0.325 e. The minimum absolute atomic E-state index is 0.104. The van der Waals surface area contributed by atoms with Crippen LogP contribution in [0.2, 0.25) is 0 Å². The number of carbonyl (C=O) groups excluding carboxylic acids is 1. The number of amides is 2. The second-order valence-electron chi connectivity index (χ2n) is 4.39. The number of aliphatic carboxylic acids is 1. The summed E-state index contributed by atoms with van der Waals surface area (Å²) in [5, 5.41) is 17.6. The first-order chi connectivity index (χ1) is 9.36. The van der Waals surface area contributed by atoms with Gasteiger partial charge in [0.05, 0.1) is 11.9 Å². The van der Waals surface area contributed by atoms with E-state index in [0.717, 1.165) is 0 Å². The molecule has 0 bridgehead atoms. The average molecular weight is 302 g/mol. The SMILES string of the molecule is CC(CCS(C)=O)NC(=O)Nc1cnn(CC(=O)O)c1. The van der Waals surface area contributed by atoms with Crippen LogP contribution in [0.1, 0.15) is 13.3 Å². The minimum Gasteiger partial charge on any atom is -0.480 e. The summed E-state index contributed by atoms with van der Waals surface area (Å²) in [6.07, 6.45) is 5.03. The summed E-state index contributed by atoms with van der Waals surface area (Å²) < 4.78 is 12.1. The fraction of sp³-hybridized carbons (Fsp3) is 0.545. The van der Waals surface area contributed by atoms with Crippen molar-refractivity contribution in [3.8, 4) is 0 Å². The first kappa shape index (κ1) is 16.2. The normalized spacial score (nSPS) is 13.5. The predicted octanol–water partition coefficient (Wildman–Crippen LogP) is 0.246. The van der Waals surface area contributed by atoms with Crippen molar-refractivity contribution in [3.63, 3.8) is 0 Å². The van der Waals surface area contributed by atoms with E-state index in [0.29, 0.717) is 17.9 Å². The largest absolute Gasteiger partial charge is 0.480 e. The number of rotatable bonds is 7. The Kier molecular flexibility index (Phi) is 6.16. The van der Waals surface area contributed by atoms with E-state index < -0.39 is 22.8 Å². The summed E-state index contributed by atoms with van der Waals surface area (Å²) in [5.74, 6) is -0.483. The molecular formula is C11H18N4O4S. The molecule has 0 saturated heterocycles. The van der Waals surface area contributed by atoms with Gasteiger partial charge in [0.2, 0.25) is 0 Å². The highest BCUT2D eigenvalue weighted by atomic mass is 32.2. The van der Waals surface area contributed by atoms with Gasteiger partial charge < -0.3 is 15.7 Å². The maximum absolute atomic E-state index is 11.6. The molecule has 9 heteroatoms. The summed E-state index contributed by atoms with van der Waals surface area (Å²) in [5.41, 5.74) is 0.412. The number of anilines is 1. The van der Waals surface area contributed by atoms with Gasteiger partial charge >= 0.3 is 12.0 Å². The third-order valence-electron chi connectivity index (χ3n) is 2.40. The number of nitrogens with one attached hydrogen (secondary N) is 2. The molecular weight excluding hydrogens is 284 g/mol. The number of carbonyl (C=O) groups is 2. The Morgan fingerprint density at radius 2 is 2.25 bits per heavy atom. The lowest BCUT2D eigenvalue weighted by Crippen LogP contribution is -2.36. The van der Waals surface area contributed by atoms with Crippen molar-refractivity contribution in [1.29, 1.82) is 0 Å². The van der Waals surface area contributed by atoms with Crippen molar-refractivity contribution >= 4 is 28.5 Å². The zero-order chi connectivity index (χ0) is 15.1. The van der Waals surface area contributed by atoms with E-state index in [-0.39, 0.29) is 12.6 Å². The molecule has 0 fully saturated rings. The molecule has 1 aromatic heterocycles. The third-order valence-corrected chi connectivity index (χ3v) is 3.21. The molecule has 20 heavy (non-hydrogen) atoms. The number of hydrogen-bond acceptors (Lipinski definition) is 4. The van der Waals surface area contributed by atoms with Crippen LogP contribution in [0.4, 0.5) is 10.5 Å². The van der Waals surface area contributed by atoms with Gasteiger partial charge in [-0.2, -0.15) is 5.10 Å². The van der Waals surface area contributed by atoms with E-state index in [9.17, 15) is 13.8 Å². The molecule has 0 aliphatic carbocycles. The number of aromatic nitrogens is 2. The van der Waals surface area contributed by atoms with Crippen molar-refractivity contribution in [2.75, 3.05) is 17.3 Å². The molecule has 3 N–H and O–H groups in total. The van der Waals surface area contributed by atoms with Crippen molar-refractivity contribution in [3.05, 3.63) is 12.4 Å². The van der Waals surface area contributed by atoms with Crippen LogP contribution in [0, 0.1) is 0 Å². The van der Waals surface area contributed by atoms with Crippen LogP contribution in [0.15, 0.2) is 12.4 Å². The second kappa shape index (κ2) is 7.63. The first-order valence-electron chi connectivity index (χ1n) is 5.98. The standard InChI is InChI=1S/C11H18N4O4S/c1-8(3-4-20(2)19)13-11(18)14-9-5-12-15(6-9)7-10(16)17/h5-6,8H,3-4,7H2,1-2H3,(H,16,17)(H2,13,14,18). The molecule has 112 valence electrons. The van der Waals surface area contributed by atoms with Gasteiger partial charge in [-0.15, -0.1) is 0 Å². The number of hydrogen-bond donors (Lipinski definition) is 3. The van der Waals surface area contributed by atoms with Gasteiger partial charge in [0.1, 0.15) is 6.54 Å². The summed E-state index contributed by atoms with van der Waals surface area (Å²) in [7, 11) is -0.882. The van der Waals surface area contributed by atoms with Crippen molar-refractivity contribution in [1.82, 2.24) is 15.1 Å². The Morgan fingerprint density at radius 1 is 1.55 bits per heavy atom. The monoisotopic (exact) mass is 302 g/mol. The molecule has 1 aromatic rings. The van der Waals surface area contributed by atoms with Gasteiger partial charge in [0, 0.05) is 35.0 Å². The van der Waals surface area contributed by atoms with Crippen LogP contribution < -0.4 is 10.6 Å². The van der Waals surface area contributed by atoms with Gasteiger partial charge in [-0.1, -0.05) is 0 Å². The highest BCUT2D eigenvalue weighted by Crippen LogP contribution is 2.04. The number of nitrogens with zero attached hydrogens (tertiary/aromatic N) is 2. The topological polar surface area (TPSA) is 113 Å². The third kappa shape index (κ3) is 6.32. The predicted molar refractivity (Wildman–Crippen MR) is 75.0 cm³/mol. The lowest BCUT2D eigenvalue weighted by molar-refractivity contribution is -0.137. The molecule has 2 amide bonds. The highest BCUT2D eigenvalue weighted by molar-refractivity contribution is 7.84. The fourth-order valence-electron chi connectivity index (χ4n) is 1.46. The van der Waals surface area contributed by atoms with Gasteiger partial charge in [-0.05, 0) is 13.3 Å². The molecule has 0 saturated carbocycles. The second-order valence-corrected chi connectivity index (χ2v) is 5.94. The quantitative estimate of drug-likeness (QED) is 0.668. The van der Waals surface area contributed by atoms with Crippen molar-refractivity contribution < 1.29 is 18.9 Å². The molecule has 2 atom stereocenters. The van der Waals surface area contributed by atoms with Crippen LogP contribution in [0.5, 0.6) is 0 Å². The van der Waals surface area contributed by atoms with Crippen LogP contribution in [0.3, 0.4) is 0 Å². The van der Waals surface area contributed by atoms with E-state index in [4.69, 9.17) is 5.11 Å². The van der Waals surface area contributed by atoms with Crippen LogP contribution in [-0.4, -0.2) is 49.1 Å². The molecule has 0 radical (unpaired) electrons. The Balaban J connectivity index is 2.40. The fourth-order valence-corrected chi connectivity index (χ4v) is 2.14. The van der Waals surface area contributed by atoms with Crippen LogP contribution in [0.25, 0.3) is 0 Å². The van der Waals surface area contributed by atoms with Crippen molar-refractivity contribution in [2.24, 2.45) is 0 Å². The summed E-state index contributed by atoms with van der Waals surface area (Å²) in [6, 6.07) is -0.512. The summed E-state index contributed by atoms with van der Waals surface area (Å²) in [4.78, 5) is 22.1. The van der Waals surface area contributed by atoms with E-state index >= 15 is 0 Å². The Labute approximate surface area is 119 Å². The zero-order valence-electron chi connectivity index (χ0n) is 11.3. The van der Waals surface area contributed by atoms with Crippen LogP contribution in [-0.2, 0) is 22.1 Å². The smallest absolute Gasteiger partial charge is 0.325 e.